The zero-order chi connectivity index (χ0) is 10.6. The van der Waals surface area contributed by atoms with Gasteiger partial charge < -0.3 is 9.94 Å². The summed E-state index contributed by atoms with van der Waals surface area (Å²) in [7, 11) is 0. The van der Waals surface area contributed by atoms with Gasteiger partial charge in [-0.3, -0.25) is 0 Å². The first kappa shape index (κ1) is 10.4. The quantitative estimate of drug-likeness (QED) is 0.457. The van der Waals surface area contributed by atoms with Gasteiger partial charge in [-0.2, -0.15) is 0 Å². The van der Waals surface area contributed by atoms with Gasteiger partial charge in [-0.1, -0.05) is 17.3 Å². The minimum absolute atomic E-state index is 0.0484. The molecule has 1 rings (SSSR count). The van der Waals surface area contributed by atoms with Crippen LogP contribution in [-0.4, -0.2) is 17.8 Å². The predicted molar refractivity (Wildman–Crippen MR) is 42.5 cm³/mol. The maximum Gasteiger partial charge on any atom is 0.573 e. The van der Waals surface area contributed by atoms with Crippen molar-refractivity contribution >= 4 is 6.21 Å². The fourth-order valence-electron chi connectivity index (χ4n) is 0.867. The first-order valence-corrected chi connectivity index (χ1v) is 3.55. The topological polar surface area (TPSA) is 41.8 Å². The van der Waals surface area contributed by atoms with Crippen LogP contribution in [0.3, 0.4) is 0 Å². The Hall–Kier alpha value is -1.72. The van der Waals surface area contributed by atoms with E-state index in [1.807, 2.05) is 0 Å². The maximum absolute atomic E-state index is 11.8. The number of para-hydroxylation sites is 1. The molecule has 0 saturated heterocycles. The van der Waals surface area contributed by atoms with E-state index < -0.39 is 12.1 Å². The molecule has 76 valence electrons. The molecule has 6 heteroatoms. The van der Waals surface area contributed by atoms with Crippen LogP contribution in [0, 0.1) is 0 Å². The van der Waals surface area contributed by atoms with Crippen molar-refractivity contribution < 1.29 is 23.1 Å². The molecule has 0 saturated carbocycles. The second kappa shape index (κ2) is 3.99. The molecule has 1 aromatic rings. The minimum atomic E-state index is -4.75. The lowest BCUT2D eigenvalue weighted by atomic mass is 10.2. The van der Waals surface area contributed by atoms with Gasteiger partial charge in [-0.25, -0.2) is 0 Å². The van der Waals surface area contributed by atoms with Crippen LogP contribution in [0.4, 0.5) is 13.2 Å². The summed E-state index contributed by atoms with van der Waals surface area (Å²) in [5.41, 5.74) is 0.0484. The normalized spacial score (nSPS) is 11.9. The minimum Gasteiger partial charge on any atom is -0.411 e. The van der Waals surface area contributed by atoms with E-state index in [4.69, 9.17) is 5.21 Å². The van der Waals surface area contributed by atoms with E-state index in [9.17, 15) is 13.2 Å². The molecule has 0 fully saturated rings. The van der Waals surface area contributed by atoms with Gasteiger partial charge in [0.15, 0.2) is 0 Å². The van der Waals surface area contributed by atoms with E-state index in [-0.39, 0.29) is 5.56 Å². The van der Waals surface area contributed by atoms with Crippen LogP contribution < -0.4 is 4.74 Å². The molecule has 0 aliphatic heterocycles. The molecule has 0 aliphatic rings. The first-order chi connectivity index (χ1) is 6.53. The third kappa shape index (κ3) is 2.96. The molecular formula is C8H6F3NO2. The van der Waals surface area contributed by atoms with Gasteiger partial charge in [0.25, 0.3) is 0 Å². The van der Waals surface area contributed by atoms with Crippen LogP contribution in [0.2, 0.25) is 0 Å². The molecular weight excluding hydrogens is 199 g/mol. The summed E-state index contributed by atoms with van der Waals surface area (Å²) in [6.45, 7) is 0. The van der Waals surface area contributed by atoms with Crippen LogP contribution in [-0.2, 0) is 0 Å². The molecule has 14 heavy (non-hydrogen) atoms. The second-order valence-corrected chi connectivity index (χ2v) is 2.33. The van der Waals surface area contributed by atoms with Crippen molar-refractivity contribution in [1.82, 2.24) is 0 Å². The van der Waals surface area contributed by atoms with Crippen molar-refractivity contribution in [3.05, 3.63) is 29.8 Å². The van der Waals surface area contributed by atoms with E-state index >= 15 is 0 Å². The summed E-state index contributed by atoms with van der Waals surface area (Å²) in [5.74, 6) is -0.405. The average molecular weight is 205 g/mol. The largest absolute Gasteiger partial charge is 0.573 e. The zero-order valence-corrected chi connectivity index (χ0v) is 6.82. The Kier molecular flexibility index (Phi) is 2.95. The summed E-state index contributed by atoms with van der Waals surface area (Å²) < 4.78 is 39.2. The Labute approximate surface area is 77.4 Å². The van der Waals surface area contributed by atoms with E-state index in [1.165, 1.54) is 18.2 Å². The lowest BCUT2D eigenvalue weighted by Crippen LogP contribution is -2.18. The molecule has 1 aromatic carbocycles. The van der Waals surface area contributed by atoms with Crippen molar-refractivity contribution in [2.24, 2.45) is 5.16 Å². The summed E-state index contributed by atoms with van der Waals surface area (Å²) >= 11 is 0. The second-order valence-electron chi connectivity index (χ2n) is 2.33. The lowest BCUT2D eigenvalue weighted by molar-refractivity contribution is -0.274. The highest BCUT2D eigenvalue weighted by atomic mass is 19.4. The van der Waals surface area contributed by atoms with Gasteiger partial charge in [-0.15, -0.1) is 13.2 Å². The number of nitrogens with zero attached hydrogens (tertiary/aromatic N) is 1. The van der Waals surface area contributed by atoms with Crippen molar-refractivity contribution in [3.63, 3.8) is 0 Å². The summed E-state index contributed by atoms with van der Waals surface area (Å²) in [4.78, 5) is 0. The first-order valence-electron chi connectivity index (χ1n) is 3.55. The number of alkyl halides is 3. The molecule has 0 aromatic heterocycles. The standard InChI is InChI=1S/C8H6F3NO2/c9-8(10,11)14-7-4-2-1-3-6(7)5-12-13/h1-5,13H. The SMILES string of the molecule is ON=Cc1ccccc1OC(F)(F)F. The Bertz CT molecular complexity index is 336. The van der Waals surface area contributed by atoms with Gasteiger partial charge in [0.1, 0.15) is 5.75 Å². The Morgan fingerprint density at radius 2 is 1.93 bits per heavy atom. The molecule has 0 heterocycles. The number of benzene rings is 1. The zero-order valence-electron chi connectivity index (χ0n) is 6.82. The van der Waals surface area contributed by atoms with Crippen molar-refractivity contribution in [2.75, 3.05) is 0 Å². The third-order valence-electron chi connectivity index (χ3n) is 1.34. The van der Waals surface area contributed by atoms with Crippen LogP contribution in [0.5, 0.6) is 5.75 Å². The fraction of sp³-hybridized carbons (Fsp3) is 0.125. The number of hydrogen-bond donors (Lipinski definition) is 1. The molecule has 0 atom stereocenters. The molecule has 1 N–H and O–H groups in total. The van der Waals surface area contributed by atoms with Gasteiger partial charge in [0, 0.05) is 5.56 Å². The molecule has 0 radical (unpaired) electrons. The number of ether oxygens (including phenoxy) is 1. The van der Waals surface area contributed by atoms with E-state index in [1.54, 1.807) is 0 Å². The Morgan fingerprint density at radius 1 is 1.29 bits per heavy atom. The van der Waals surface area contributed by atoms with Crippen molar-refractivity contribution in [3.8, 4) is 5.75 Å². The van der Waals surface area contributed by atoms with Crippen LogP contribution >= 0.6 is 0 Å². The number of rotatable bonds is 2. The summed E-state index contributed by atoms with van der Waals surface area (Å²) in [6.07, 6.45) is -3.89. The number of hydrogen-bond acceptors (Lipinski definition) is 3. The third-order valence-corrected chi connectivity index (χ3v) is 1.34. The highest BCUT2D eigenvalue weighted by Crippen LogP contribution is 2.24. The van der Waals surface area contributed by atoms with E-state index in [2.05, 4.69) is 9.89 Å². The molecule has 0 bridgehead atoms. The van der Waals surface area contributed by atoms with Crippen molar-refractivity contribution in [2.45, 2.75) is 6.36 Å². The van der Waals surface area contributed by atoms with Gasteiger partial charge in [-0.05, 0) is 12.1 Å². The number of halogens is 3. The van der Waals surface area contributed by atoms with Gasteiger partial charge >= 0.3 is 6.36 Å². The van der Waals surface area contributed by atoms with E-state index in [0.29, 0.717) is 0 Å². The molecule has 0 aliphatic carbocycles. The fourth-order valence-corrected chi connectivity index (χ4v) is 0.867. The number of oxime groups is 1. The molecule has 0 amide bonds. The highest BCUT2D eigenvalue weighted by Gasteiger charge is 2.31. The predicted octanol–water partition coefficient (Wildman–Crippen LogP) is 2.39. The van der Waals surface area contributed by atoms with Crippen LogP contribution in [0.1, 0.15) is 5.56 Å². The van der Waals surface area contributed by atoms with Crippen molar-refractivity contribution in [1.29, 1.82) is 0 Å². The van der Waals surface area contributed by atoms with Gasteiger partial charge in [0.05, 0.1) is 6.21 Å². The Balaban J connectivity index is 2.96. The summed E-state index contributed by atoms with van der Waals surface area (Å²) in [5, 5.41) is 10.8. The maximum atomic E-state index is 11.8. The lowest BCUT2D eigenvalue weighted by Gasteiger charge is -2.10. The highest BCUT2D eigenvalue weighted by molar-refractivity contribution is 5.82. The van der Waals surface area contributed by atoms with E-state index in [0.717, 1.165) is 12.3 Å². The summed E-state index contributed by atoms with van der Waals surface area (Å²) in [6, 6.07) is 5.35. The van der Waals surface area contributed by atoms with Gasteiger partial charge in [0.2, 0.25) is 0 Å². The molecule has 3 nitrogen and oxygen atoms in total. The Morgan fingerprint density at radius 3 is 2.50 bits per heavy atom. The average Bonchev–Trinajstić information content (AvgIpc) is 2.06. The molecule has 0 spiro atoms. The van der Waals surface area contributed by atoms with Crippen LogP contribution in [0.25, 0.3) is 0 Å². The molecule has 0 unspecified atom stereocenters. The monoisotopic (exact) mass is 205 g/mol. The van der Waals surface area contributed by atoms with Crippen LogP contribution in [0.15, 0.2) is 29.4 Å². The smallest absolute Gasteiger partial charge is 0.411 e.